The highest BCUT2D eigenvalue weighted by molar-refractivity contribution is 7.09. The lowest BCUT2D eigenvalue weighted by molar-refractivity contribution is 0.0697. The Hall–Kier alpha value is -1.95. The van der Waals surface area contributed by atoms with Crippen molar-refractivity contribution in [2.75, 3.05) is 5.32 Å². The van der Waals surface area contributed by atoms with Gasteiger partial charge in [0.05, 0.1) is 5.54 Å². The minimum Gasteiger partial charge on any atom is -0.478 e. The summed E-state index contributed by atoms with van der Waals surface area (Å²) in [6.45, 7) is 3.96. The number of anilines is 1. The second-order valence-corrected chi connectivity index (χ2v) is 6.63. The maximum absolute atomic E-state index is 11.5. The Morgan fingerprint density at radius 2 is 2.24 bits per heavy atom. The molecular formula is C15H17N3O2S. The van der Waals surface area contributed by atoms with Crippen molar-refractivity contribution in [3.63, 3.8) is 0 Å². The van der Waals surface area contributed by atoms with Crippen molar-refractivity contribution in [2.45, 2.75) is 38.6 Å². The van der Waals surface area contributed by atoms with E-state index >= 15 is 0 Å². The van der Waals surface area contributed by atoms with Crippen LogP contribution in [0.2, 0.25) is 0 Å². The number of nitrogens with zero attached hydrogens (tertiary/aromatic N) is 2. The average molecular weight is 303 g/mol. The van der Waals surface area contributed by atoms with Gasteiger partial charge in [-0.3, -0.25) is 0 Å². The Bertz CT molecular complexity index is 680. The molecule has 0 amide bonds. The molecule has 2 aromatic heterocycles. The Morgan fingerprint density at radius 1 is 1.43 bits per heavy atom. The van der Waals surface area contributed by atoms with Gasteiger partial charge in [0.1, 0.15) is 16.4 Å². The number of aromatic carboxylic acids is 1. The molecule has 2 heterocycles. The number of carboxylic acids is 1. The number of pyridine rings is 1. The summed E-state index contributed by atoms with van der Waals surface area (Å²) < 4.78 is 0. The number of hydrogen-bond donors (Lipinski definition) is 2. The number of carbonyl (C=O) groups is 1. The van der Waals surface area contributed by atoms with Crippen LogP contribution in [-0.2, 0) is 18.4 Å². The van der Waals surface area contributed by atoms with Crippen LogP contribution in [0.1, 0.15) is 46.9 Å². The van der Waals surface area contributed by atoms with Crippen LogP contribution in [0.15, 0.2) is 17.6 Å². The van der Waals surface area contributed by atoms with E-state index in [4.69, 9.17) is 0 Å². The normalized spacial score (nSPS) is 14.0. The number of carboxylic acid groups (broad SMARTS) is 1. The first-order valence-corrected chi connectivity index (χ1v) is 7.79. The molecule has 0 fully saturated rings. The first-order valence-electron chi connectivity index (χ1n) is 6.91. The summed E-state index contributed by atoms with van der Waals surface area (Å²) in [5.41, 5.74) is 1.85. The number of fused-ring (bicyclic) bond motifs is 1. The predicted molar refractivity (Wildman–Crippen MR) is 82.0 cm³/mol. The Balaban J connectivity index is 2.00. The largest absolute Gasteiger partial charge is 0.478 e. The number of rotatable bonds is 4. The van der Waals surface area contributed by atoms with Gasteiger partial charge in [-0.05, 0) is 44.7 Å². The second-order valence-electron chi connectivity index (χ2n) is 5.74. The molecule has 0 bridgehead atoms. The molecule has 0 spiro atoms. The standard InChI is InChI=1S/C15H17N3O2S/c1-15(2,14-16-6-7-21-14)18-12-10(13(19)20)8-9-4-3-5-11(9)17-12/h6-8H,3-5H2,1-2H3,(H,17,18)(H,19,20). The van der Waals surface area contributed by atoms with Crippen molar-refractivity contribution < 1.29 is 9.90 Å². The predicted octanol–water partition coefficient (Wildman–Crippen LogP) is 3.07. The lowest BCUT2D eigenvalue weighted by Crippen LogP contribution is -2.29. The maximum atomic E-state index is 11.5. The molecular weight excluding hydrogens is 286 g/mol. The van der Waals surface area contributed by atoms with Crippen molar-refractivity contribution in [1.29, 1.82) is 0 Å². The van der Waals surface area contributed by atoms with E-state index < -0.39 is 11.5 Å². The van der Waals surface area contributed by atoms with E-state index in [-0.39, 0.29) is 5.56 Å². The van der Waals surface area contributed by atoms with Crippen molar-refractivity contribution in [1.82, 2.24) is 9.97 Å². The highest BCUT2D eigenvalue weighted by Gasteiger charge is 2.27. The molecule has 1 aliphatic rings. The van der Waals surface area contributed by atoms with Crippen LogP contribution in [0.5, 0.6) is 0 Å². The van der Waals surface area contributed by atoms with Gasteiger partial charge in [0.25, 0.3) is 0 Å². The lowest BCUT2D eigenvalue weighted by Gasteiger charge is -2.25. The van der Waals surface area contributed by atoms with E-state index in [1.807, 2.05) is 19.2 Å². The molecule has 1 aliphatic carbocycles. The van der Waals surface area contributed by atoms with Gasteiger partial charge in [0, 0.05) is 17.3 Å². The quantitative estimate of drug-likeness (QED) is 0.908. The van der Waals surface area contributed by atoms with Gasteiger partial charge in [-0.2, -0.15) is 0 Å². The van der Waals surface area contributed by atoms with Gasteiger partial charge in [0.2, 0.25) is 0 Å². The summed E-state index contributed by atoms with van der Waals surface area (Å²) in [5.74, 6) is -0.516. The van der Waals surface area contributed by atoms with Gasteiger partial charge in [-0.1, -0.05) is 0 Å². The highest BCUT2D eigenvalue weighted by atomic mass is 32.1. The van der Waals surface area contributed by atoms with Crippen molar-refractivity contribution in [2.24, 2.45) is 0 Å². The van der Waals surface area contributed by atoms with E-state index in [0.717, 1.165) is 35.5 Å². The molecule has 110 valence electrons. The molecule has 3 rings (SSSR count). The number of aryl methyl sites for hydroxylation is 2. The first kappa shape index (κ1) is 14.0. The number of nitrogens with one attached hydrogen (secondary N) is 1. The van der Waals surface area contributed by atoms with Gasteiger partial charge in [0.15, 0.2) is 0 Å². The third-order valence-electron chi connectivity index (χ3n) is 3.68. The minimum atomic E-state index is -0.949. The Labute approximate surface area is 127 Å². The van der Waals surface area contributed by atoms with Gasteiger partial charge >= 0.3 is 5.97 Å². The molecule has 0 saturated heterocycles. The van der Waals surface area contributed by atoms with Crippen LogP contribution >= 0.6 is 11.3 Å². The Kier molecular flexibility index (Phi) is 3.41. The Morgan fingerprint density at radius 3 is 2.90 bits per heavy atom. The fourth-order valence-electron chi connectivity index (χ4n) is 2.61. The summed E-state index contributed by atoms with van der Waals surface area (Å²) in [6.07, 6.45) is 4.62. The molecule has 0 unspecified atom stereocenters. The van der Waals surface area contributed by atoms with E-state index in [9.17, 15) is 9.90 Å². The zero-order valence-electron chi connectivity index (χ0n) is 12.0. The van der Waals surface area contributed by atoms with E-state index in [1.165, 1.54) is 11.3 Å². The smallest absolute Gasteiger partial charge is 0.339 e. The molecule has 0 radical (unpaired) electrons. The van der Waals surface area contributed by atoms with Gasteiger partial charge in [-0.25, -0.2) is 14.8 Å². The number of hydrogen-bond acceptors (Lipinski definition) is 5. The first-order chi connectivity index (χ1) is 9.97. The van der Waals surface area contributed by atoms with E-state index in [1.54, 1.807) is 12.3 Å². The zero-order chi connectivity index (χ0) is 15.0. The van der Waals surface area contributed by atoms with Gasteiger partial charge in [-0.15, -0.1) is 11.3 Å². The maximum Gasteiger partial charge on any atom is 0.339 e. The molecule has 0 aromatic carbocycles. The molecule has 6 heteroatoms. The van der Waals surface area contributed by atoms with E-state index in [0.29, 0.717) is 5.82 Å². The van der Waals surface area contributed by atoms with Crippen molar-refractivity contribution in [3.05, 3.63) is 39.5 Å². The van der Waals surface area contributed by atoms with Crippen molar-refractivity contribution in [3.8, 4) is 0 Å². The molecule has 0 atom stereocenters. The van der Waals surface area contributed by atoms with Crippen LogP contribution in [0.3, 0.4) is 0 Å². The third-order valence-corrected chi connectivity index (χ3v) is 4.78. The van der Waals surface area contributed by atoms with E-state index in [2.05, 4.69) is 15.3 Å². The monoisotopic (exact) mass is 303 g/mol. The summed E-state index contributed by atoms with van der Waals surface area (Å²) in [4.78, 5) is 20.4. The fourth-order valence-corrected chi connectivity index (χ4v) is 3.33. The van der Waals surface area contributed by atoms with Crippen LogP contribution in [0.4, 0.5) is 5.82 Å². The average Bonchev–Trinajstić information content (AvgIpc) is 3.08. The molecule has 0 saturated carbocycles. The second kappa shape index (κ2) is 5.11. The van der Waals surface area contributed by atoms with Crippen molar-refractivity contribution >= 4 is 23.1 Å². The van der Waals surface area contributed by atoms with Gasteiger partial charge < -0.3 is 10.4 Å². The molecule has 5 nitrogen and oxygen atoms in total. The molecule has 0 aliphatic heterocycles. The minimum absolute atomic E-state index is 0.236. The molecule has 2 aromatic rings. The number of aromatic nitrogens is 2. The van der Waals surface area contributed by atoms with Crippen LogP contribution in [0, 0.1) is 0 Å². The summed E-state index contributed by atoms with van der Waals surface area (Å²) >= 11 is 1.54. The van der Waals surface area contributed by atoms with Crippen LogP contribution < -0.4 is 5.32 Å². The number of thiazole rings is 1. The topological polar surface area (TPSA) is 75.1 Å². The molecule has 21 heavy (non-hydrogen) atoms. The third kappa shape index (κ3) is 2.63. The van der Waals surface area contributed by atoms with Crippen LogP contribution in [-0.4, -0.2) is 21.0 Å². The SMILES string of the molecule is CC(C)(Nc1nc2c(cc1C(=O)O)CCC2)c1nccs1. The highest BCUT2D eigenvalue weighted by Crippen LogP contribution is 2.31. The van der Waals surface area contributed by atoms with Crippen LogP contribution in [0.25, 0.3) is 0 Å². The zero-order valence-corrected chi connectivity index (χ0v) is 12.8. The summed E-state index contributed by atoms with van der Waals surface area (Å²) in [7, 11) is 0. The lowest BCUT2D eigenvalue weighted by atomic mass is 10.1. The summed E-state index contributed by atoms with van der Waals surface area (Å²) in [6, 6.07) is 1.76. The fraction of sp³-hybridized carbons (Fsp3) is 0.400. The summed E-state index contributed by atoms with van der Waals surface area (Å²) in [5, 5.41) is 15.5. The molecule has 2 N–H and O–H groups in total.